The highest BCUT2D eigenvalue weighted by molar-refractivity contribution is 8.03. The Morgan fingerprint density at radius 1 is 1.29 bits per heavy atom. The minimum absolute atomic E-state index is 0.387. The van der Waals surface area contributed by atoms with Crippen molar-refractivity contribution in [1.29, 1.82) is 5.26 Å². The average Bonchev–Trinajstić information content (AvgIpc) is 2.87. The summed E-state index contributed by atoms with van der Waals surface area (Å²) < 4.78 is 6.75. The van der Waals surface area contributed by atoms with Crippen molar-refractivity contribution >= 4 is 35.4 Å². The molecule has 2 aromatic rings. The molecule has 0 bridgehead atoms. The van der Waals surface area contributed by atoms with Gasteiger partial charge in [-0.3, -0.25) is 9.48 Å². The number of thioether (sulfide) groups is 1. The second kappa shape index (κ2) is 9.24. The molecule has 7 nitrogen and oxygen atoms in total. The fourth-order valence-corrected chi connectivity index (χ4v) is 3.35. The maximum Gasteiger partial charge on any atom is 0.331 e. The number of hydrogen-bond acceptors (Lipinski definition) is 6. The van der Waals surface area contributed by atoms with E-state index in [0.717, 1.165) is 44.7 Å². The fraction of sp³-hybridized carbons (Fsp3) is 0.300. The normalized spacial score (nSPS) is 10.7. The summed E-state index contributed by atoms with van der Waals surface area (Å²) >= 11 is 1.06. The number of anilines is 1. The molecule has 0 spiro atoms. The van der Waals surface area contributed by atoms with Gasteiger partial charge in [0.25, 0.3) is 5.91 Å². The molecule has 1 heterocycles. The number of hydrogen-bond donors (Lipinski definition) is 1. The van der Waals surface area contributed by atoms with E-state index in [2.05, 4.69) is 10.4 Å². The molecule has 1 aromatic heterocycles. The van der Waals surface area contributed by atoms with Crippen molar-refractivity contribution in [2.45, 2.75) is 32.6 Å². The Morgan fingerprint density at radius 2 is 1.93 bits per heavy atom. The van der Waals surface area contributed by atoms with Gasteiger partial charge in [0, 0.05) is 35.0 Å². The number of amides is 1. The molecule has 8 heteroatoms. The topological polar surface area (TPSA) is 97.0 Å². The van der Waals surface area contributed by atoms with Crippen LogP contribution in [0.2, 0.25) is 0 Å². The molecule has 2 rings (SSSR count). The maximum atomic E-state index is 12.1. The number of benzene rings is 1. The molecule has 0 unspecified atom stereocenters. The minimum Gasteiger partial charge on any atom is -0.452 e. The summed E-state index contributed by atoms with van der Waals surface area (Å²) in [6, 6.07) is 3.65. The fourth-order valence-electron chi connectivity index (χ4n) is 2.78. The van der Waals surface area contributed by atoms with Gasteiger partial charge in [-0.05, 0) is 68.8 Å². The summed E-state index contributed by atoms with van der Waals surface area (Å²) in [5.74, 6) is -1.03. The second-order valence-electron chi connectivity index (χ2n) is 6.32. The molecular weight excluding hydrogens is 376 g/mol. The van der Waals surface area contributed by atoms with Crippen molar-refractivity contribution in [2.24, 2.45) is 7.05 Å². The van der Waals surface area contributed by atoms with Gasteiger partial charge >= 0.3 is 5.97 Å². The van der Waals surface area contributed by atoms with Gasteiger partial charge in [-0.1, -0.05) is 0 Å². The van der Waals surface area contributed by atoms with E-state index in [0.29, 0.717) is 5.69 Å². The van der Waals surface area contributed by atoms with E-state index < -0.39 is 11.9 Å². The summed E-state index contributed by atoms with van der Waals surface area (Å²) in [5, 5.41) is 17.8. The van der Waals surface area contributed by atoms with Crippen molar-refractivity contribution in [2.75, 3.05) is 11.9 Å². The number of carbonyl (C=O) groups excluding carboxylic acids is 2. The van der Waals surface area contributed by atoms with Gasteiger partial charge in [0.15, 0.2) is 6.61 Å². The number of rotatable bonds is 6. The van der Waals surface area contributed by atoms with E-state index in [1.165, 1.54) is 6.08 Å². The number of thiocyanates is 1. The molecule has 146 valence electrons. The third kappa shape index (κ3) is 5.24. The monoisotopic (exact) mass is 398 g/mol. The summed E-state index contributed by atoms with van der Waals surface area (Å²) in [5.41, 5.74) is 4.92. The van der Waals surface area contributed by atoms with E-state index in [-0.39, 0.29) is 6.61 Å². The van der Waals surface area contributed by atoms with Crippen molar-refractivity contribution in [3.63, 3.8) is 0 Å². The first kappa shape index (κ1) is 21.3. The molecular formula is C20H22N4O3S. The first-order valence-corrected chi connectivity index (χ1v) is 9.36. The molecule has 0 aliphatic heterocycles. The Hall–Kier alpha value is -3.05. The number of nitrogens with one attached hydrogen (secondary N) is 1. The van der Waals surface area contributed by atoms with Gasteiger partial charge in [-0.25, -0.2) is 4.79 Å². The van der Waals surface area contributed by atoms with Gasteiger partial charge < -0.3 is 10.1 Å². The van der Waals surface area contributed by atoms with E-state index in [1.807, 2.05) is 52.3 Å². The van der Waals surface area contributed by atoms with Crippen LogP contribution in [0, 0.1) is 38.4 Å². The molecule has 0 radical (unpaired) electrons. The Morgan fingerprint density at radius 3 is 2.46 bits per heavy atom. The van der Waals surface area contributed by atoms with Crippen LogP contribution in [-0.4, -0.2) is 28.3 Å². The highest BCUT2D eigenvalue weighted by Gasteiger charge is 2.12. The predicted molar refractivity (Wildman–Crippen MR) is 109 cm³/mol. The van der Waals surface area contributed by atoms with Gasteiger partial charge in [0.1, 0.15) is 5.40 Å². The predicted octanol–water partition coefficient (Wildman–Crippen LogP) is 3.42. The SMILES string of the molecule is Cc1cc(SC#N)cc(C)c1NC(=O)COC(=O)/C=C/c1c(C)nn(C)c1C. The summed E-state index contributed by atoms with van der Waals surface area (Å²) in [6.45, 7) is 7.07. The lowest BCUT2D eigenvalue weighted by molar-refractivity contribution is -0.142. The highest BCUT2D eigenvalue weighted by Crippen LogP contribution is 2.27. The highest BCUT2D eigenvalue weighted by atomic mass is 32.2. The van der Waals surface area contributed by atoms with E-state index in [4.69, 9.17) is 10.00 Å². The summed E-state index contributed by atoms with van der Waals surface area (Å²) in [6.07, 6.45) is 2.92. The lowest BCUT2D eigenvalue weighted by Crippen LogP contribution is -2.21. The number of carbonyl (C=O) groups is 2. The van der Waals surface area contributed by atoms with Gasteiger partial charge in [-0.15, -0.1) is 0 Å². The van der Waals surface area contributed by atoms with Crippen LogP contribution in [0.4, 0.5) is 5.69 Å². The van der Waals surface area contributed by atoms with Crippen LogP contribution in [0.5, 0.6) is 0 Å². The first-order chi connectivity index (χ1) is 13.2. The van der Waals surface area contributed by atoms with Gasteiger partial charge in [0.2, 0.25) is 0 Å². The molecule has 0 fully saturated rings. The largest absolute Gasteiger partial charge is 0.452 e. The van der Waals surface area contributed by atoms with Crippen LogP contribution >= 0.6 is 11.8 Å². The zero-order valence-corrected chi connectivity index (χ0v) is 17.3. The van der Waals surface area contributed by atoms with Crippen molar-refractivity contribution < 1.29 is 14.3 Å². The van der Waals surface area contributed by atoms with E-state index in [1.54, 1.807) is 10.8 Å². The molecule has 1 aromatic carbocycles. The number of nitriles is 1. The van der Waals surface area contributed by atoms with Crippen molar-refractivity contribution in [3.8, 4) is 5.40 Å². The number of aromatic nitrogens is 2. The number of nitrogens with zero attached hydrogens (tertiary/aromatic N) is 3. The second-order valence-corrected chi connectivity index (χ2v) is 7.18. The van der Waals surface area contributed by atoms with Crippen LogP contribution < -0.4 is 5.32 Å². The Bertz CT molecular complexity index is 963. The van der Waals surface area contributed by atoms with Crippen LogP contribution in [0.1, 0.15) is 28.1 Å². The summed E-state index contributed by atoms with van der Waals surface area (Å²) in [7, 11) is 1.83. The molecule has 0 atom stereocenters. The van der Waals surface area contributed by atoms with Gasteiger partial charge in [-0.2, -0.15) is 10.4 Å². The molecule has 0 saturated heterocycles. The quantitative estimate of drug-likeness (QED) is 0.347. The lowest BCUT2D eigenvalue weighted by Gasteiger charge is -2.12. The third-order valence-corrected chi connectivity index (χ3v) is 4.79. The summed E-state index contributed by atoms with van der Waals surface area (Å²) in [4.78, 5) is 24.9. The molecule has 0 aliphatic rings. The molecule has 0 saturated carbocycles. The molecule has 28 heavy (non-hydrogen) atoms. The number of esters is 1. The first-order valence-electron chi connectivity index (χ1n) is 8.55. The van der Waals surface area contributed by atoms with Crippen LogP contribution in [0.25, 0.3) is 6.08 Å². The van der Waals surface area contributed by atoms with E-state index in [9.17, 15) is 9.59 Å². The van der Waals surface area contributed by atoms with Crippen LogP contribution in [0.15, 0.2) is 23.1 Å². The average molecular weight is 398 g/mol. The number of aryl methyl sites for hydroxylation is 4. The molecule has 0 aliphatic carbocycles. The zero-order chi connectivity index (χ0) is 20.8. The Labute approximate surface area is 168 Å². The van der Waals surface area contributed by atoms with Crippen LogP contribution in [0.3, 0.4) is 0 Å². The Balaban J connectivity index is 1.95. The standard InChI is InChI=1S/C20H22N4O3S/c1-12-8-16(28-11-21)9-13(2)20(12)22-18(25)10-27-19(26)7-6-17-14(3)23-24(5)15(17)4/h6-9H,10H2,1-5H3,(H,22,25)/b7-6+. The van der Waals surface area contributed by atoms with Crippen molar-refractivity contribution in [3.05, 3.63) is 46.3 Å². The third-order valence-electron chi connectivity index (χ3n) is 4.23. The lowest BCUT2D eigenvalue weighted by atomic mass is 10.1. The van der Waals surface area contributed by atoms with Gasteiger partial charge in [0.05, 0.1) is 5.69 Å². The van der Waals surface area contributed by atoms with Crippen molar-refractivity contribution in [1.82, 2.24) is 9.78 Å². The maximum absolute atomic E-state index is 12.1. The molecule has 1 amide bonds. The van der Waals surface area contributed by atoms with E-state index >= 15 is 0 Å². The van der Waals surface area contributed by atoms with Crippen LogP contribution in [-0.2, 0) is 21.4 Å². The smallest absolute Gasteiger partial charge is 0.331 e. The minimum atomic E-state index is -0.605. The number of ether oxygens (including phenoxy) is 1. The molecule has 1 N–H and O–H groups in total. The Kier molecular flexibility index (Phi) is 7.01. The zero-order valence-electron chi connectivity index (χ0n) is 16.5.